The number of thiophene rings is 1. The van der Waals surface area contributed by atoms with Crippen molar-refractivity contribution in [3.63, 3.8) is 0 Å². The van der Waals surface area contributed by atoms with Crippen LogP contribution in [-0.4, -0.2) is 30.4 Å². The van der Waals surface area contributed by atoms with Crippen molar-refractivity contribution in [1.29, 1.82) is 0 Å². The summed E-state index contributed by atoms with van der Waals surface area (Å²) in [6.07, 6.45) is 2.07. The van der Waals surface area contributed by atoms with Gasteiger partial charge < -0.3 is 16.0 Å². The van der Waals surface area contributed by atoms with E-state index in [4.69, 9.17) is 0 Å². The summed E-state index contributed by atoms with van der Waals surface area (Å²) in [5, 5.41) is 11.1. The Morgan fingerprint density at radius 1 is 1.29 bits per heavy atom. The van der Waals surface area contributed by atoms with Gasteiger partial charge in [-0.25, -0.2) is 4.98 Å². The van der Waals surface area contributed by atoms with Crippen LogP contribution in [0.3, 0.4) is 0 Å². The number of nitrogens with zero attached hydrogens (tertiary/aromatic N) is 2. The molecule has 0 aliphatic rings. The van der Waals surface area contributed by atoms with Gasteiger partial charge in [0.1, 0.15) is 5.82 Å². The maximum Gasteiger partial charge on any atom is 0.227 e. The second kappa shape index (κ2) is 11.0. The average molecular weight is 459 g/mol. The Balaban J connectivity index is 0.00000288. The Labute approximate surface area is 163 Å². The molecule has 0 saturated heterocycles. The van der Waals surface area contributed by atoms with Crippen LogP contribution >= 0.6 is 35.3 Å². The Kier molecular flexibility index (Phi) is 9.31. The van der Waals surface area contributed by atoms with Gasteiger partial charge in [0.2, 0.25) is 5.91 Å². The Bertz CT molecular complexity index is 643. The van der Waals surface area contributed by atoms with E-state index < -0.39 is 0 Å². The molecule has 24 heavy (non-hydrogen) atoms. The zero-order valence-electron chi connectivity index (χ0n) is 13.7. The molecule has 0 atom stereocenters. The van der Waals surface area contributed by atoms with E-state index in [9.17, 15) is 4.79 Å². The van der Waals surface area contributed by atoms with Crippen molar-refractivity contribution in [2.24, 2.45) is 4.99 Å². The maximum absolute atomic E-state index is 11.9. The summed E-state index contributed by atoms with van der Waals surface area (Å²) in [5.74, 6) is 1.17. The molecule has 0 radical (unpaired) electrons. The van der Waals surface area contributed by atoms with Crippen LogP contribution in [0.4, 0.5) is 5.82 Å². The number of carbonyl (C=O) groups excluding carboxylic acids is 1. The van der Waals surface area contributed by atoms with E-state index in [0.29, 0.717) is 24.7 Å². The molecule has 1 amide bonds. The van der Waals surface area contributed by atoms with Gasteiger partial charge in [-0.1, -0.05) is 12.1 Å². The lowest BCUT2D eigenvalue weighted by atomic mass is 10.3. The number of aliphatic imine (C=N–C) groups is 1. The monoisotopic (exact) mass is 459 g/mol. The number of anilines is 1. The molecule has 8 heteroatoms. The van der Waals surface area contributed by atoms with Crippen molar-refractivity contribution in [2.75, 3.05) is 18.9 Å². The molecule has 0 aliphatic heterocycles. The van der Waals surface area contributed by atoms with Crippen molar-refractivity contribution in [2.45, 2.75) is 19.9 Å². The number of guanidine groups is 1. The van der Waals surface area contributed by atoms with Crippen LogP contribution < -0.4 is 16.0 Å². The largest absolute Gasteiger partial charge is 0.356 e. The number of rotatable bonds is 6. The number of carbonyl (C=O) groups is 1. The molecule has 0 aromatic carbocycles. The fraction of sp³-hybridized carbons (Fsp3) is 0.312. The van der Waals surface area contributed by atoms with Crippen LogP contribution in [0.1, 0.15) is 16.9 Å². The molecule has 3 N–H and O–H groups in total. The number of aryl methyl sites for hydroxylation is 1. The number of halogens is 1. The summed E-state index contributed by atoms with van der Waals surface area (Å²) in [7, 11) is 1.71. The standard InChI is InChI=1S/C16H21N5OS.HI/c1-12-5-6-14(19-10-12)21-15(22)7-8-18-16(17-2)20-11-13-4-3-9-23-13;/h3-6,9-10H,7-8,11H2,1-2H3,(H2,17,18,20)(H,19,21,22);1H. The first kappa shape index (κ1) is 20.4. The minimum Gasteiger partial charge on any atom is -0.356 e. The fourth-order valence-corrected chi connectivity index (χ4v) is 2.49. The van der Waals surface area contributed by atoms with Gasteiger partial charge in [-0.05, 0) is 30.0 Å². The highest BCUT2D eigenvalue weighted by atomic mass is 127. The van der Waals surface area contributed by atoms with Crippen LogP contribution in [0.25, 0.3) is 0 Å². The third-order valence-electron chi connectivity index (χ3n) is 3.06. The molecule has 0 bridgehead atoms. The van der Waals surface area contributed by atoms with E-state index in [1.54, 1.807) is 30.6 Å². The van der Waals surface area contributed by atoms with Crippen LogP contribution in [0.5, 0.6) is 0 Å². The van der Waals surface area contributed by atoms with Gasteiger partial charge in [-0.3, -0.25) is 9.79 Å². The second-order valence-electron chi connectivity index (χ2n) is 4.95. The number of nitrogens with one attached hydrogen (secondary N) is 3. The lowest BCUT2D eigenvalue weighted by molar-refractivity contribution is -0.116. The highest BCUT2D eigenvalue weighted by Gasteiger charge is 2.04. The van der Waals surface area contributed by atoms with Crippen molar-refractivity contribution >= 4 is 53.0 Å². The molecular weight excluding hydrogens is 437 g/mol. The van der Waals surface area contributed by atoms with E-state index in [1.807, 2.05) is 24.4 Å². The summed E-state index contributed by atoms with van der Waals surface area (Å²) in [5.41, 5.74) is 1.06. The van der Waals surface area contributed by atoms with Crippen LogP contribution in [0, 0.1) is 6.92 Å². The first-order valence-electron chi connectivity index (χ1n) is 7.37. The van der Waals surface area contributed by atoms with Gasteiger partial charge in [0.05, 0.1) is 6.54 Å². The first-order valence-corrected chi connectivity index (χ1v) is 8.25. The Morgan fingerprint density at radius 2 is 2.12 bits per heavy atom. The molecule has 2 heterocycles. The molecule has 2 aromatic rings. The number of aromatic nitrogens is 1. The molecule has 6 nitrogen and oxygen atoms in total. The lowest BCUT2D eigenvalue weighted by Crippen LogP contribution is -2.38. The smallest absolute Gasteiger partial charge is 0.227 e. The van der Waals surface area contributed by atoms with E-state index >= 15 is 0 Å². The van der Waals surface area contributed by atoms with Gasteiger partial charge in [0.25, 0.3) is 0 Å². The van der Waals surface area contributed by atoms with Gasteiger partial charge in [-0.15, -0.1) is 35.3 Å². The Hall–Kier alpha value is -1.68. The third-order valence-corrected chi connectivity index (χ3v) is 3.93. The zero-order chi connectivity index (χ0) is 16.5. The SMILES string of the molecule is CN=C(NCCC(=O)Nc1ccc(C)cn1)NCc1cccs1.I. The molecule has 130 valence electrons. The van der Waals surface area contributed by atoms with Crippen LogP contribution in [-0.2, 0) is 11.3 Å². The van der Waals surface area contributed by atoms with E-state index in [-0.39, 0.29) is 29.9 Å². The highest BCUT2D eigenvalue weighted by Crippen LogP contribution is 2.07. The van der Waals surface area contributed by atoms with Crippen molar-refractivity contribution in [3.05, 3.63) is 46.3 Å². The summed E-state index contributed by atoms with van der Waals surface area (Å²) in [6, 6.07) is 7.79. The Morgan fingerprint density at radius 3 is 2.75 bits per heavy atom. The summed E-state index contributed by atoms with van der Waals surface area (Å²) in [6.45, 7) is 3.18. The predicted octanol–water partition coefficient (Wildman–Crippen LogP) is 2.76. The zero-order valence-corrected chi connectivity index (χ0v) is 16.9. The number of pyridine rings is 1. The van der Waals surface area contributed by atoms with Crippen LogP contribution in [0.15, 0.2) is 40.8 Å². The topological polar surface area (TPSA) is 78.4 Å². The quantitative estimate of drug-likeness (QED) is 0.353. The van der Waals surface area contributed by atoms with Gasteiger partial charge in [0.15, 0.2) is 5.96 Å². The van der Waals surface area contributed by atoms with E-state index in [0.717, 1.165) is 12.1 Å². The van der Waals surface area contributed by atoms with Crippen molar-refractivity contribution in [3.8, 4) is 0 Å². The van der Waals surface area contributed by atoms with Gasteiger partial charge in [0, 0.05) is 31.1 Å². The summed E-state index contributed by atoms with van der Waals surface area (Å²) in [4.78, 5) is 21.4. The predicted molar refractivity (Wildman–Crippen MR) is 110 cm³/mol. The molecular formula is C16H22IN5OS. The van der Waals surface area contributed by atoms with Crippen molar-refractivity contribution < 1.29 is 4.79 Å². The summed E-state index contributed by atoms with van der Waals surface area (Å²) < 4.78 is 0. The first-order chi connectivity index (χ1) is 11.2. The number of hydrogen-bond acceptors (Lipinski definition) is 4. The van der Waals surface area contributed by atoms with Crippen LogP contribution in [0.2, 0.25) is 0 Å². The molecule has 2 aromatic heterocycles. The number of amides is 1. The van der Waals surface area contributed by atoms with Crippen molar-refractivity contribution in [1.82, 2.24) is 15.6 Å². The molecule has 0 saturated carbocycles. The molecule has 2 rings (SSSR count). The highest BCUT2D eigenvalue weighted by molar-refractivity contribution is 14.0. The minimum atomic E-state index is -0.0810. The fourth-order valence-electron chi connectivity index (χ4n) is 1.85. The molecule has 0 aliphatic carbocycles. The molecule has 0 fully saturated rings. The second-order valence-corrected chi connectivity index (χ2v) is 5.98. The lowest BCUT2D eigenvalue weighted by Gasteiger charge is -2.11. The molecule has 0 unspecified atom stereocenters. The van der Waals surface area contributed by atoms with E-state index in [2.05, 4.69) is 32.0 Å². The third kappa shape index (κ3) is 7.26. The summed E-state index contributed by atoms with van der Waals surface area (Å²) >= 11 is 1.69. The normalized spacial score (nSPS) is 10.7. The van der Waals surface area contributed by atoms with E-state index in [1.165, 1.54) is 4.88 Å². The maximum atomic E-state index is 11.9. The van der Waals surface area contributed by atoms with Gasteiger partial charge in [-0.2, -0.15) is 0 Å². The van der Waals surface area contributed by atoms with Gasteiger partial charge >= 0.3 is 0 Å². The number of hydrogen-bond donors (Lipinski definition) is 3. The molecule has 0 spiro atoms. The average Bonchev–Trinajstić information content (AvgIpc) is 3.06. The minimum absolute atomic E-state index is 0.